The third-order valence-electron chi connectivity index (χ3n) is 1.62. The molecule has 0 aliphatic rings. The van der Waals surface area contributed by atoms with E-state index in [9.17, 15) is 9.32 Å². The van der Waals surface area contributed by atoms with E-state index >= 15 is 0 Å². The molecule has 0 amide bonds. The minimum Gasteiger partial charge on any atom is -0.250 e. The number of carbonyl (C=O) groups excluding carboxylic acids is 1. The van der Waals surface area contributed by atoms with Crippen molar-refractivity contribution in [2.45, 2.75) is 6.42 Å². The first-order valence-corrected chi connectivity index (χ1v) is 3.78. The summed E-state index contributed by atoms with van der Waals surface area (Å²) in [5.74, 6) is -1.01. The van der Waals surface area contributed by atoms with Gasteiger partial charge < -0.3 is 0 Å². The molecule has 0 fully saturated rings. The molecule has 0 spiro atoms. The van der Waals surface area contributed by atoms with Gasteiger partial charge in [0.1, 0.15) is 0 Å². The average molecular weight is 180 g/mol. The summed E-state index contributed by atoms with van der Waals surface area (Å²) in [6, 6.07) is 9.19. The standard InChI is InChI=1S/C10H9FO2/c1-8(10(12)13-11)7-9-5-3-2-4-6-9/h2-6H,1,7H2. The summed E-state index contributed by atoms with van der Waals surface area (Å²) in [5.41, 5.74) is 1.01. The number of halogens is 1. The third kappa shape index (κ3) is 2.71. The van der Waals surface area contributed by atoms with E-state index in [0.29, 0.717) is 6.42 Å². The zero-order chi connectivity index (χ0) is 9.68. The van der Waals surface area contributed by atoms with Crippen LogP contribution in [-0.4, -0.2) is 5.97 Å². The molecule has 0 aliphatic carbocycles. The Morgan fingerprint density at radius 3 is 2.54 bits per heavy atom. The topological polar surface area (TPSA) is 26.3 Å². The molecule has 0 atom stereocenters. The van der Waals surface area contributed by atoms with Crippen LogP contribution < -0.4 is 0 Å². The molecule has 0 saturated carbocycles. The molecule has 0 unspecified atom stereocenters. The zero-order valence-electron chi connectivity index (χ0n) is 7.00. The van der Waals surface area contributed by atoms with E-state index in [1.807, 2.05) is 30.3 Å². The predicted octanol–water partition coefficient (Wildman–Crippen LogP) is 2.21. The minimum absolute atomic E-state index is 0.105. The van der Waals surface area contributed by atoms with Crippen molar-refractivity contribution in [3.05, 3.63) is 48.0 Å². The van der Waals surface area contributed by atoms with Crippen molar-refractivity contribution in [3.8, 4) is 0 Å². The predicted molar refractivity (Wildman–Crippen MR) is 46.5 cm³/mol. The van der Waals surface area contributed by atoms with Crippen molar-refractivity contribution in [3.63, 3.8) is 0 Å². The molecular weight excluding hydrogens is 171 g/mol. The Bertz CT molecular complexity index is 306. The van der Waals surface area contributed by atoms with E-state index < -0.39 is 5.97 Å². The molecule has 1 rings (SSSR count). The lowest BCUT2D eigenvalue weighted by Gasteiger charge is -2.00. The zero-order valence-corrected chi connectivity index (χ0v) is 7.00. The van der Waals surface area contributed by atoms with Crippen LogP contribution in [0.1, 0.15) is 5.56 Å². The van der Waals surface area contributed by atoms with Gasteiger partial charge in [0.25, 0.3) is 0 Å². The van der Waals surface area contributed by atoms with Crippen molar-refractivity contribution >= 4 is 5.97 Å². The molecule has 0 heterocycles. The Kier molecular flexibility index (Phi) is 3.20. The number of benzene rings is 1. The first-order valence-electron chi connectivity index (χ1n) is 3.78. The van der Waals surface area contributed by atoms with Crippen molar-refractivity contribution < 1.29 is 14.3 Å². The van der Waals surface area contributed by atoms with Crippen molar-refractivity contribution in [1.29, 1.82) is 0 Å². The molecule has 0 aromatic heterocycles. The van der Waals surface area contributed by atoms with Gasteiger partial charge in [0, 0.05) is 16.5 Å². The number of hydrogen-bond acceptors (Lipinski definition) is 2. The van der Waals surface area contributed by atoms with Gasteiger partial charge >= 0.3 is 5.97 Å². The summed E-state index contributed by atoms with van der Waals surface area (Å²) < 4.78 is 11.4. The quantitative estimate of drug-likeness (QED) is 0.666. The van der Waals surface area contributed by atoms with Gasteiger partial charge in [-0.2, -0.15) is 0 Å². The summed E-state index contributed by atoms with van der Waals surface area (Å²) in [7, 11) is 0. The van der Waals surface area contributed by atoms with Gasteiger partial charge in [0.05, 0.1) is 0 Å². The van der Waals surface area contributed by atoms with Crippen molar-refractivity contribution in [1.82, 2.24) is 0 Å². The summed E-state index contributed by atoms with van der Waals surface area (Å²) in [6.45, 7) is 3.41. The van der Waals surface area contributed by atoms with Crippen molar-refractivity contribution in [2.75, 3.05) is 0 Å². The molecule has 1 aromatic carbocycles. The van der Waals surface area contributed by atoms with E-state index in [1.54, 1.807) is 0 Å². The van der Waals surface area contributed by atoms with Crippen LogP contribution in [-0.2, 0) is 16.2 Å². The fourth-order valence-electron chi connectivity index (χ4n) is 0.969. The second-order valence-electron chi connectivity index (χ2n) is 2.63. The van der Waals surface area contributed by atoms with Crippen LogP contribution in [0.3, 0.4) is 0 Å². The minimum atomic E-state index is -1.01. The lowest BCUT2D eigenvalue weighted by atomic mass is 10.1. The molecule has 2 nitrogen and oxygen atoms in total. The van der Waals surface area contributed by atoms with Gasteiger partial charge in [-0.15, -0.1) is 0 Å². The molecule has 3 heteroatoms. The Balaban J connectivity index is 2.60. The fourth-order valence-corrected chi connectivity index (χ4v) is 0.969. The van der Waals surface area contributed by atoms with E-state index in [2.05, 4.69) is 11.5 Å². The summed E-state index contributed by atoms with van der Waals surface area (Å²) in [6.07, 6.45) is 0.309. The normalized spacial score (nSPS) is 9.31. The lowest BCUT2D eigenvalue weighted by Crippen LogP contribution is -2.03. The Morgan fingerprint density at radius 1 is 1.38 bits per heavy atom. The van der Waals surface area contributed by atoms with Gasteiger partial charge in [-0.05, 0) is 5.56 Å². The Labute approximate surface area is 75.5 Å². The summed E-state index contributed by atoms with van der Waals surface area (Å²) >= 11 is 0. The molecule has 0 radical (unpaired) electrons. The maximum atomic E-state index is 11.4. The van der Waals surface area contributed by atoms with Crippen LogP contribution >= 0.6 is 0 Å². The van der Waals surface area contributed by atoms with Crippen LogP contribution in [0.25, 0.3) is 0 Å². The van der Waals surface area contributed by atoms with Crippen LogP contribution in [0.4, 0.5) is 4.53 Å². The fraction of sp³-hybridized carbons (Fsp3) is 0.100. The first-order chi connectivity index (χ1) is 6.24. The lowest BCUT2D eigenvalue weighted by molar-refractivity contribution is -0.178. The maximum Gasteiger partial charge on any atom is 0.375 e. The van der Waals surface area contributed by atoms with Crippen LogP contribution in [0, 0.1) is 0 Å². The highest BCUT2D eigenvalue weighted by atomic mass is 19.3. The highest BCUT2D eigenvalue weighted by Gasteiger charge is 2.08. The van der Waals surface area contributed by atoms with Crippen molar-refractivity contribution in [2.24, 2.45) is 0 Å². The maximum absolute atomic E-state index is 11.4. The van der Waals surface area contributed by atoms with E-state index in [0.717, 1.165) is 5.56 Å². The Hall–Kier alpha value is -1.64. The van der Waals surface area contributed by atoms with Gasteiger partial charge in [-0.25, -0.2) is 9.74 Å². The van der Waals surface area contributed by atoms with E-state index in [-0.39, 0.29) is 5.57 Å². The van der Waals surface area contributed by atoms with E-state index in [4.69, 9.17) is 0 Å². The van der Waals surface area contributed by atoms with Crippen LogP contribution in [0.5, 0.6) is 0 Å². The smallest absolute Gasteiger partial charge is 0.250 e. The van der Waals surface area contributed by atoms with Gasteiger partial charge in [-0.1, -0.05) is 36.9 Å². The van der Waals surface area contributed by atoms with Gasteiger partial charge in [0.2, 0.25) is 0 Å². The molecule has 0 aliphatic heterocycles. The van der Waals surface area contributed by atoms with Crippen LogP contribution in [0.15, 0.2) is 42.5 Å². The molecule has 0 bridgehead atoms. The number of carbonyl (C=O) groups is 1. The second kappa shape index (κ2) is 4.40. The average Bonchev–Trinajstić information content (AvgIpc) is 2.18. The summed E-state index contributed by atoms with van der Waals surface area (Å²) in [4.78, 5) is 13.7. The van der Waals surface area contributed by atoms with Gasteiger partial charge in [0.15, 0.2) is 0 Å². The highest BCUT2D eigenvalue weighted by molar-refractivity contribution is 5.87. The van der Waals surface area contributed by atoms with Gasteiger partial charge in [-0.3, -0.25) is 0 Å². The SMILES string of the molecule is C=C(Cc1ccccc1)C(=O)OF. The second-order valence-corrected chi connectivity index (χ2v) is 2.63. The van der Waals surface area contributed by atoms with Crippen LogP contribution in [0.2, 0.25) is 0 Å². The molecule has 1 aromatic rings. The molecular formula is C10H9FO2. The monoisotopic (exact) mass is 180 g/mol. The number of rotatable bonds is 3. The largest absolute Gasteiger partial charge is 0.375 e. The molecule has 0 saturated heterocycles. The molecule has 68 valence electrons. The molecule has 13 heavy (non-hydrogen) atoms. The first kappa shape index (κ1) is 9.45. The highest BCUT2D eigenvalue weighted by Crippen LogP contribution is 2.07. The Morgan fingerprint density at radius 2 is 2.00 bits per heavy atom. The third-order valence-corrected chi connectivity index (χ3v) is 1.62. The number of hydrogen-bond donors (Lipinski definition) is 0. The summed E-state index contributed by atoms with van der Waals surface area (Å²) in [5, 5.41) is 0. The molecule has 0 N–H and O–H groups in total. The van der Waals surface area contributed by atoms with E-state index in [1.165, 1.54) is 0 Å².